The second-order valence-electron chi connectivity index (χ2n) is 9.40. The summed E-state index contributed by atoms with van der Waals surface area (Å²) in [5, 5.41) is 17.1. The lowest BCUT2D eigenvalue weighted by Gasteiger charge is -2.55. The number of rotatable bonds is 5. The fourth-order valence-electron chi connectivity index (χ4n) is 5.05. The molecule has 2 aliphatic carbocycles. The molecule has 1 amide bonds. The first-order valence-corrected chi connectivity index (χ1v) is 10.9. The number of fused-ring (bicyclic) bond motifs is 1. The first-order valence-electron chi connectivity index (χ1n) is 10.9. The monoisotopic (exact) mass is 437 g/mol. The molecule has 0 aromatic carbocycles. The molecule has 31 heavy (non-hydrogen) atoms. The molecule has 1 unspecified atom stereocenters. The van der Waals surface area contributed by atoms with Crippen molar-refractivity contribution in [1.82, 2.24) is 19.5 Å². The van der Waals surface area contributed by atoms with Gasteiger partial charge in [0, 0.05) is 30.6 Å². The molecule has 7 nitrogen and oxygen atoms in total. The quantitative estimate of drug-likeness (QED) is 0.750. The van der Waals surface area contributed by atoms with Gasteiger partial charge in [-0.05, 0) is 56.1 Å². The van der Waals surface area contributed by atoms with Crippen molar-refractivity contribution >= 4 is 17.5 Å². The molecule has 1 atom stereocenters. The average molecular weight is 437 g/mol. The molecular weight excluding hydrogens is 411 g/mol. The van der Waals surface area contributed by atoms with Crippen molar-refractivity contribution in [2.75, 3.05) is 18.4 Å². The lowest BCUT2D eigenvalue weighted by Crippen LogP contribution is -2.61. The Morgan fingerprint density at radius 2 is 1.94 bits per heavy atom. The van der Waals surface area contributed by atoms with Gasteiger partial charge in [0.05, 0.1) is 6.42 Å². The number of anilines is 1. The Bertz CT molecular complexity index is 971. The predicted molar refractivity (Wildman–Crippen MR) is 106 cm³/mol. The first-order chi connectivity index (χ1) is 14.7. The number of likely N-dealkylation sites (tertiary alicyclic amines) is 1. The van der Waals surface area contributed by atoms with Crippen molar-refractivity contribution in [1.29, 1.82) is 0 Å². The van der Waals surface area contributed by atoms with Gasteiger partial charge >= 0.3 is 6.18 Å². The highest BCUT2D eigenvalue weighted by Crippen LogP contribution is 2.49. The Morgan fingerprint density at radius 1 is 1.23 bits per heavy atom. The molecule has 10 heteroatoms. The summed E-state index contributed by atoms with van der Waals surface area (Å²) in [7, 11) is 0. The zero-order valence-electron chi connectivity index (χ0n) is 17.1. The number of carbonyl (C=O) groups excluding carboxylic acids is 1. The van der Waals surface area contributed by atoms with Crippen LogP contribution in [-0.4, -0.2) is 56.0 Å². The summed E-state index contributed by atoms with van der Waals surface area (Å²) in [5.41, 5.74) is 1.73. The number of hydrogen-bond acceptors (Lipinski definition) is 5. The van der Waals surface area contributed by atoms with Crippen LogP contribution in [0.1, 0.15) is 56.6 Å². The second kappa shape index (κ2) is 7.44. The summed E-state index contributed by atoms with van der Waals surface area (Å²) in [6.07, 6.45) is -1.52. The van der Waals surface area contributed by atoms with E-state index >= 15 is 0 Å². The number of aliphatic hydroxyl groups is 1. The van der Waals surface area contributed by atoms with Crippen LogP contribution in [0.4, 0.5) is 19.1 Å². The van der Waals surface area contributed by atoms with Crippen molar-refractivity contribution in [2.45, 2.75) is 63.3 Å². The summed E-state index contributed by atoms with van der Waals surface area (Å²) in [6.45, 7) is 1.03. The van der Waals surface area contributed by atoms with Gasteiger partial charge < -0.3 is 5.11 Å². The van der Waals surface area contributed by atoms with E-state index in [9.17, 15) is 23.1 Å². The Morgan fingerprint density at radius 3 is 2.58 bits per heavy atom. The maximum atomic E-state index is 12.5. The molecule has 0 bridgehead atoms. The molecule has 3 heterocycles. The van der Waals surface area contributed by atoms with Gasteiger partial charge in [0.1, 0.15) is 6.23 Å². The summed E-state index contributed by atoms with van der Waals surface area (Å²) in [5.74, 6) is 0.652. The van der Waals surface area contributed by atoms with Crippen LogP contribution >= 0.6 is 0 Å². The smallest absolute Gasteiger partial charge is 0.378 e. The summed E-state index contributed by atoms with van der Waals surface area (Å²) in [4.78, 5) is 18.0. The topological polar surface area (TPSA) is 82.8 Å². The number of hydrogen-bond donors (Lipinski definition) is 2. The van der Waals surface area contributed by atoms with Crippen molar-refractivity contribution in [3.05, 3.63) is 23.9 Å². The number of alkyl halides is 3. The van der Waals surface area contributed by atoms with Crippen molar-refractivity contribution in [3.8, 4) is 0 Å². The molecule has 3 fully saturated rings. The number of carbonyl (C=O) groups is 1. The number of aromatic nitrogens is 3. The van der Waals surface area contributed by atoms with Crippen LogP contribution in [0.2, 0.25) is 0 Å². The zero-order valence-corrected chi connectivity index (χ0v) is 17.1. The molecule has 2 aromatic rings. The van der Waals surface area contributed by atoms with Crippen LogP contribution in [0, 0.1) is 11.3 Å². The number of nitrogens with one attached hydrogen (secondary N) is 1. The fraction of sp³-hybridized carbons (Fsp3) is 0.667. The Hall–Kier alpha value is -2.20. The van der Waals surface area contributed by atoms with Gasteiger partial charge in [-0.15, -0.1) is 5.10 Å². The van der Waals surface area contributed by atoms with Gasteiger partial charge in [0.15, 0.2) is 5.65 Å². The lowest BCUT2D eigenvalue weighted by atomic mass is 9.65. The Kier molecular flexibility index (Phi) is 4.97. The third-order valence-electron chi connectivity index (χ3n) is 6.95. The van der Waals surface area contributed by atoms with Crippen molar-refractivity contribution in [3.63, 3.8) is 0 Å². The highest BCUT2D eigenvalue weighted by Gasteiger charge is 2.49. The van der Waals surface area contributed by atoms with E-state index in [1.54, 1.807) is 4.52 Å². The highest BCUT2D eigenvalue weighted by molar-refractivity contribution is 5.92. The van der Waals surface area contributed by atoms with Gasteiger partial charge in [0.2, 0.25) is 11.9 Å². The van der Waals surface area contributed by atoms with Crippen LogP contribution in [0.3, 0.4) is 0 Å². The predicted octanol–water partition coefficient (Wildman–Crippen LogP) is 3.31. The first kappa shape index (κ1) is 20.7. The third kappa shape index (κ3) is 4.27. The molecule has 1 spiro atoms. The van der Waals surface area contributed by atoms with E-state index in [-0.39, 0.29) is 23.2 Å². The fourth-order valence-corrected chi connectivity index (χ4v) is 5.05. The van der Waals surface area contributed by atoms with Crippen LogP contribution in [0.5, 0.6) is 0 Å². The number of aliphatic hydroxyl groups excluding tert-OH is 1. The third-order valence-corrected chi connectivity index (χ3v) is 6.95. The molecule has 168 valence electrons. The van der Waals surface area contributed by atoms with E-state index in [2.05, 4.69) is 15.4 Å². The molecular formula is C21H26F3N5O2. The standard InChI is InChI=1S/C21H26F3N5O2/c22-21(23,24)10-17(30)28-11-20(12-28)8-6-13(7-9-20)15-2-1-3-16-25-19(27-29(15)16)26-18(31)14-4-5-14/h1-3,13-14,17,30H,4-12H2,(H,26,27,31). The summed E-state index contributed by atoms with van der Waals surface area (Å²) < 4.78 is 39.4. The van der Waals surface area contributed by atoms with Gasteiger partial charge in [0.25, 0.3) is 0 Å². The van der Waals surface area contributed by atoms with Crippen LogP contribution < -0.4 is 5.32 Å². The molecule has 2 aromatic heterocycles. The second-order valence-corrected chi connectivity index (χ2v) is 9.40. The van der Waals surface area contributed by atoms with Crippen LogP contribution in [-0.2, 0) is 4.79 Å². The molecule has 3 aliphatic rings. The summed E-state index contributed by atoms with van der Waals surface area (Å²) >= 11 is 0. The van der Waals surface area contributed by atoms with Crippen LogP contribution in [0.25, 0.3) is 5.65 Å². The van der Waals surface area contributed by atoms with Gasteiger partial charge in [-0.1, -0.05) is 6.07 Å². The number of halogens is 3. The minimum absolute atomic E-state index is 0.00272. The largest absolute Gasteiger partial charge is 0.392 e. The normalized spacial score (nSPS) is 23.1. The average Bonchev–Trinajstić information content (AvgIpc) is 3.45. The molecule has 2 N–H and O–H groups in total. The van der Waals surface area contributed by atoms with Gasteiger partial charge in [-0.3, -0.25) is 15.0 Å². The summed E-state index contributed by atoms with van der Waals surface area (Å²) in [6, 6.07) is 5.82. The van der Waals surface area contributed by atoms with E-state index in [0.29, 0.717) is 24.7 Å². The molecule has 1 aliphatic heterocycles. The van der Waals surface area contributed by atoms with Gasteiger partial charge in [-0.25, -0.2) is 4.52 Å². The van der Waals surface area contributed by atoms with E-state index in [0.717, 1.165) is 44.2 Å². The molecule has 2 saturated carbocycles. The SMILES string of the molecule is O=C(Nc1nc2cccc(C3CCC4(CC3)CN(C(O)CC(F)(F)F)C4)n2n1)C1CC1. The number of nitrogens with zero attached hydrogens (tertiary/aromatic N) is 4. The van der Waals surface area contributed by atoms with Gasteiger partial charge in [-0.2, -0.15) is 18.2 Å². The van der Waals surface area contributed by atoms with E-state index in [1.807, 2.05) is 18.2 Å². The van der Waals surface area contributed by atoms with Crippen LogP contribution in [0.15, 0.2) is 18.2 Å². The Labute approximate surface area is 177 Å². The molecule has 1 saturated heterocycles. The molecule has 5 rings (SSSR count). The van der Waals surface area contributed by atoms with Crippen molar-refractivity contribution in [2.24, 2.45) is 11.3 Å². The lowest BCUT2D eigenvalue weighted by molar-refractivity contribution is -0.200. The maximum absolute atomic E-state index is 12.5. The minimum atomic E-state index is -4.35. The highest BCUT2D eigenvalue weighted by atomic mass is 19.4. The zero-order chi connectivity index (χ0) is 21.8. The van der Waals surface area contributed by atoms with Crippen molar-refractivity contribution < 1.29 is 23.1 Å². The number of pyridine rings is 1. The van der Waals surface area contributed by atoms with E-state index in [1.165, 1.54) is 4.90 Å². The maximum Gasteiger partial charge on any atom is 0.392 e. The molecule has 0 radical (unpaired) electrons. The number of amides is 1. The minimum Gasteiger partial charge on any atom is -0.378 e. The van der Waals surface area contributed by atoms with E-state index < -0.39 is 18.8 Å². The Balaban J connectivity index is 1.22. The van der Waals surface area contributed by atoms with E-state index in [4.69, 9.17) is 0 Å².